The van der Waals surface area contributed by atoms with Gasteiger partial charge in [-0.1, -0.05) is 33.8 Å². The first-order valence-corrected chi connectivity index (χ1v) is 12.8. The SMILES string of the molecule is CCOC(=O)CCCN(CCCC(=O)OCC)c1ccc(C)c(OCCC(C)CC(C)(C)C)c1. The molecule has 1 atom stereocenters. The molecule has 1 aromatic rings. The number of carbonyl (C=O) groups is 2. The standard InChI is InChI=1S/C28H47NO5/c1-8-32-26(30)12-10-17-29(18-11-13-27(31)33-9-2)24-15-14-23(4)25(20-24)34-19-16-22(3)21-28(5,6)7/h14-15,20,22H,8-13,16-19,21H2,1-7H3. The van der Waals surface area contributed by atoms with Crippen LogP contribution in [0.1, 0.15) is 85.6 Å². The molecule has 0 aliphatic carbocycles. The van der Waals surface area contributed by atoms with Gasteiger partial charge < -0.3 is 19.1 Å². The predicted octanol–water partition coefficient (Wildman–Crippen LogP) is 6.33. The molecule has 6 nitrogen and oxygen atoms in total. The molecule has 0 N–H and O–H groups in total. The van der Waals surface area contributed by atoms with Crippen LogP contribution in [-0.4, -0.2) is 44.8 Å². The van der Waals surface area contributed by atoms with E-state index in [0.29, 0.717) is 69.9 Å². The molecule has 0 fully saturated rings. The van der Waals surface area contributed by atoms with Gasteiger partial charge >= 0.3 is 11.9 Å². The van der Waals surface area contributed by atoms with Gasteiger partial charge in [0.2, 0.25) is 0 Å². The Kier molecular flexibility index (Phi) is 13.7. The summed E-state index contributed by atoms with van der Waals surface area (Å²) in [5.41, 5.74) is 2.46. The van der Waals surface area contributed by atoms with Crippen LogP contribution in [0.25, 0.3) is 0 Å². The van der Waals surface area contributed by atoms with E-state index < -0.39 is 0 Å². The highest BCUT2D eigenvalue weighted by Crippen LogP contribution is 2.28. The number of rotatable bonds is 16. The number of hydrogen-bond donors (Lipinski definition) is 0. The second-order valence-electron chi connectivity index (χ2n) is 10.3. The van der Waals surface area contributed by atoms with Crippen LogP contribution in [0.3, 0.4) is 0 Å². The summed E-state index contributed by atoms with van der Waals surface area (Å²) in [6.07, 6.45) is 4.32. The molecule has 0 spiro atoms. The summed E-state index contributed by atoms with van der Waals surface area (Å²) in [4.78, 5) is 25.8. The summed E-state index contributed by atoms with van der Waals surface area (Å²) in [5, 5.41) is 0. The summed E-state index contributed by atoms with van der Waals surface area (Å²) >= 11 is 0. The first-order chi connectivity index (χ1) is 16.1. The normalized spacial score (nSPS) is 12.2. The molecule has 0 aliphatic heterocycles. The quantitative estimate of drug-likeness (QED) is 0.259. The summed E-state index contributed by atoms with van der Waals surface area (Å²) < 4.78 is 16.3. The van der Waals surface area contributed by atoms with Crippen molar-refractivity contribution in [2.24, 2.45) is 11.3 Å². The molecule has 0 aliphatic rings. The van der Waals surface area contributed by atoms with Crippen molar-refractivity contribution in [3.8, 4) is 5.75 Å². The van der Waals surface area contributed by atoms with Crippen LogP contribution in [0.2, 0.25) is 0 Å². The van der Waals surface area contributed by atoms with Crippen molar-refractivity contribution >= 4 is 17.6 Å². The Balaban J connectivity index is 2.80. The summed E-state index contributed by atoms with van der Waals surface area (Å²) in [5.74, 6) is 1.14. The van der Waals surface area contributed by atoms with Crippen LogP contribution in [0.5, 0.6) is 5.75 Å². The Labute approximate surface area is 207 Å². The van der Waals surface area contributed by atoms with Crippen molar-refractivity contribution in [1.29, 1.82) is 0 Å². The number of benzene rings is 1. The Morgan fingerprint density at radius 1 is 0.971 bits per heavy atom. The van der Waals surface area contributed by atoms with Crippen LogP contribution >= 0.6 is 0 Å². The molecule has 1 aromatic carbocycles. The van der Waals surface area contributed by atoms with E-state index >= 15 is 0 Å². The van der Waals surface area contributed by atoms with Crippen molar-refractivity contribution < 1.29 is 23.8 Å². The van der Waals surface area contributed by atoms with Gasteiger partial charge in [0.25, 0.3) is 0 Å². The van der Waals surface area contributed by atoms with Crippen LogP contribution in [0.4, 0.5) is 5.69 Å². The van der Waals surface area contributed by atoms with E-state index in [2.05, 4.69) is 57.7 Å². The smallest absolute Gasteiger partial charge is 0.305 e. The van der Waals surface area contributed by atoms with E-state index in [1.807, 2.05) is 13.8 Å². The maximum Gasteiger partial charge on any atom is 0.305 e. The fraction of sp³-hybridized carbons (Fsp3) is 0.714. The van der Waals surface area contributed by atoms with Crippen LogP contribution < -0.4 is 9.64 Å². The van der Waals surface area contributed by atoms with Crippen LogP contribution in [0, 0.1) is 18.3 Å². The van der Waals surface area contributed by atoms with Gasteiger partial charge in [-0.2, -0.15) is 0 Å². The lowest BCUT2D eigenvalue weighted by molar-refractivity contribution is -0.144. The average molecular weight is 478 g/mol. The second-order valence-corrected chi connectivity index (χ2v) is 10.3. The fourth-order valence-electron chi connectivity index (χ4n) is 4.12. The number of hydrogen-bond acceptors (Lipinski definition) is 6. The monoisotopic (exact) mass is 477 g/mol. The van der Waals surface area contributed by atoms with Gasteiger partial charge in [0.15, 0.2) is 0 Å². The van der Waals surface area contributed by atoms with E-state index in [-0.39, 0.29) is 11.9 Å². The minimum Gasteiger partial charge on any atom is -0.493 e. The number of aryl methyl sites for hydroxylation is 1. The van der Waals surface area contributed by atoms with E-state index in [1.165, 1.54) is 6.42 Å². The predicted molar refractivity (Wildman–Crippen MR) is 138 cm³/mol. The van der Waals surface area contributed by atoms with Crippen LogP contribution in [0.15, 0.2) is 18.2 Å². The summed E-state index contributed by atoms with van der Waals surface area (Å²) in [6, 6.07) is 6.24. The molecular formula is C28H47NO5. The molecule has 0 saturated heterocycles. The third-order valence-corrected chi connectivity index (χ3v) is 5.59. The van der Waals surface area contributed by atoms with Crippen LogP contribution in [-0.2, 0) is 19.1 Å². The second kappa shape index (κ2) is 15.6. The molecule has 34 heavy (non-hydrogen) atoms. The third-order valence-electron chi connectivity index (χ3n) is 5.59. The van der Waals surface area contributed by atoms with E-state index in [0.717, 1.165) is 23.4 Å². The van der Waals surface area contributed by atoms with Gasteiger partial charge in [0.1, 0.15) is 5.75 Å². The average Bonchev–Trinajstić information content (AvgIpc) is 2.73. The molecule has 194 valence electrons. The highest BCUT2D eigenvalue weighted by Gasteiger charge is 2.16. The summed E-state index contributed by atoms with van der Waals surface area (Å²) in [7, 11) is 0. The molecule has 0 aromatic heterocycles. The fourth-order valence-corrected chi connectivity index (χ4v) is 4.12. The van der Waals surface area contributed by atoms with Gasteiger partial charge in [-0.05, 0) is 69.4 Å². The largest absolute Gasteiger partial charge is 0.493 e. The number of carbonyl (C=O) groups excluding carboxylic acids is 2. The zero-order valence-electron chi connectivity index (χ0n) is 22.6. The molecule has 0 amide bonds. The van der Waals surface area contributed by atoms with E-state index in [4.69, 9.17) is 14.2 Å². The van der Waals surface area contributed by atoms with Crippen molar-refractivity contribution in [3.05, 3.63) is 23.8 Å². The molecule has 6 heteroatoms. The van der Waals surface area contributed by atoms with Crippen molar-refractivity contribution in [2.45, 2.75) is 87.0 Å². The first-order valence-electron chi connectivity index (χ1n) is 12.8. The Morgan fingerprint density at radius 2 is 1.53 bits per heavy atom. The van der Waals surface area contributed by atoms with E-state index in [9.17, 15) is 9.59 Å². The highest BCUT2D eigenvalue weighted by atomic mass is 16.5. The highest BCUT2D eigenvalue weighted by molar-refractivity contribution is 5.69. The maximum absolute atomic E-state index is 11.8. The van der Waals surface area contributed by atoms with Gasteiger partial charge in [-0.25, -0.2) is 0 Å². The van der Waals surface area contributed by atoms with Gasteiger partial charge in [0, 0.05) is 37.7 Å². The molecule has 0 radical (unpaired) electrons. The summed E-state index contributed by atoms with van der Waals surface area (Å²) in [6.45, 7) is 17.7. The van der Waals surface area contributed by atoms with Crippen molar-refractivity contribution in [1.82, 2.24) is 0 Å². The molecule has 0 heterocycles. The minimum absolute atomic E-state index is 0.175. The Hall–Kier alpha value is -2.24. The zero-order valence-corrected chi connectivity index (χ0v) is 22.6. The lowest BCUT2D eigenvalue weighted by atomic mass is 9.84. The van der Waals surface area contributed by atoms with Gasteiger partial charge in [-0.15, -0.1) is 0 Å². The number of esters is 2. The van der Waals surface area contributed by atoms with Gasteiger partial charge in [-0.3, -0.25) is 9.59 Å². The molecular weight excluding hydrogens is 430 g/mol. The maximum atomic E-state index is 11.8. The minimum atomic E-state index is -0.175. The number of nitrogens with zero attached hydrogens (tertiary/aromatic N) is 1. The topological polar surface area (TPSA) is 65.1 Å². The zero-order chi connectivity index (χ0) is 25.6. The molecule has 0 saturated carbocycles. The Morgan fingerprint density at radius 3 is 2.03 bits per heavy atom. The number of anilines is 1. The molecule has 0 bridgehead atoms. The third kappa shape index (κ3) is 12.9. The van der Waals surface area contributed by atoms with Gasteiger partial charge in [0.05, 0.1) is 19.8 Å². The molecule has 1 rings (SSSR count). The lowest BCUT2D eigenvalue weighted by Gasteiger charge is -2.26. The lowest BCUT2D eigenvalue weighted by Crippen LogP contribution is -2.27. The van der Waals surface area contributed by atoms with Crippen molar-refractivity contribution in [2.75, 3.05) is 37.8 Å². The van der Waals surface area contributed by atoms with E-state index in [1.54, 1.807) is 0 Å². The number of ether oxygens (including phenoxy) is 3. The molecule has 1 unspecified atom stereocenters. The first kappa shape index (κ1) is 29.8. The van der Waals surface area contributed by atoms with Crippen molar-refractivity contribution in [3.63, 3.8) is 0 Å². The Bertz CT molecular complexity index is 717.